The number of likely N-dealkylation sites (tertiary alicyclic amines) is 1. The molecule has 1 saturated heterocycles. The lowest BCUT2D eigenvalue weighted by Gasteiger charge is -2.39. The van der Waals surface area contributed by atoms with Crippen LogP contribution in [-0.4, -0.2) is 54.9 Å². The molecule has 3 rings (SSSR count). The van der Waals surface area contributed by atoms with Crippen molar-refractivity contribution in [3.63, 3.8) is 0 Å². The standard InChI is InChI=1S/C17H21N5O3S/c1-13-4-2-5-15(10-13)26(24,25)20-9-6-16(23)22-11-14(12-22)21-17-18-7-3-8-19-17/h2-5,7-8,10,14,20H,6,9,11-12H2,1H3,(H,18,19,21). The minimum absolute atomic E-state index is 0.0749. The van der Waals surface area contributed by atoms with Gasteiger partial charge in [-0.05, 0) is 30.7 Å². The van der Waals surface area contributed by atoms with Crippen molar-refractivity contribution in [2.24, 2.45) is 0 Å². The number of hydrogen-bond donors (Lipinski definition) is 2. The van der Waals surface area contributed by atoms with Gasteiger partial charge in [0.15, 0.2) is 0 Å². The Morgan fingerprint density at radius 1 is 1.23 bits per heavy atom. The Morgan fingerprint density at radius 3 is 2.65 bits per heavy atom. The van der Waals surface area contributed by atoms with Crippen LogP contribution >= 0.6 is 0 Å². The molecule has 26 heavy (non-hydrogen) atoms. The van der Waals surface area contributed by atoms with E-state index in [1.165, 1.54) is 6.07 Å². The van der Waals surface area contributed by atoms with Crippen molar-refractivity contribution in [2.45, 2.75) is 24.3 Å². The zero-order chi connectivity index (χ0) is 18.6. The molecule has 0 saturated carbocycles. The van der Waals surface area contributed by atoms with Gasteiger partial charge in [-0.25, -0.2) is 23.1 Å². The monoisotopic (exact) mass is 375 g/mol. The van der Waals surface area contributed by atoms with Crippen LogP contribution in [0.25, 0.3) is 0 Å². The van der Waals surface area contributed by atoms with Crippen LogP contribution < -0.4 is 10.0 Å². The second-order valence-corrected chi connectivity index (χ2v) is 7.94. The van der Waals surface area contributed by atoms with E-state index in [2.05, 4.69) is 20.0 Å². The average Bonchev–Trinajstić information content (AvgIpc) is 2.58. The summed E-state index contributed by atoms with van der Waals surface area (Å²) in [5.74, 6) is 0.458. The number of nitrogens with one attached hydrogen (secondary N) is 2. The van der Waals surface area contributed by atoms with Crippen LogP contribution in [0.1, 0.15) is 12.0 Å². The van der Waals surface area contributed by atoms with Crippen LogP contribution in [0, 0.1) is 6.92 Å². The van der Waals surface area contributed by atoms with Gasteiger partial charge >= 0.3 is 0 Å². The van der Waals surface area contributed by atoms with E-state index in [-0.39, 0.29) is 29.8 Å². The summed E-state index contributed by atoms with van der Waals surface area (Å²) in [5.41, 5.74) is 0.866. The Bertz CT molecular complexity index is 867. The van der Waals surface area contributed by atoms with Crippen molar-refractivity contribution in [1.29, 1.82) is 0 Å². The maximum absolute atomic E-state index is 12.2. The van der Waals surface area contributed by atoms with Gasteiger partial charge in [-0.3, -0.25) is 4.79 Å². The van der Waals surface area contributed by atoms with Crippen molar-refractivity contribution in [3.8, 4) is 0 Å². The molecule has 0 radical (unpaired) electrons. The first kappa shape index (κ1) is 18.3. The van der Waals surface area contributed by atoms with Gasteiger partial charge in [0.05, 0.1) is 10.9 Å². The average molecular weight is 375 g/mol. The van der Waals surface area contributed by atoms with E-state index in [1.54, 1.807) is 35.5 Å². The number of carbonyl (C=O) groups is 1. The fraction of sp³-hybridized carbons (Fsp3) is 0.353. The smallest absolute Gasteiger partial charge is 0.240 e. The molecule has 0 bridgehead atoms. The van der Waals surface area contributed by atoms with Crippen molar-refractivity contribution < 1.29 is 13.2 Å². The number of aryl methyl sites for hydroxylation is 1. The molecule has 2 heterocycles. The van der Waals surface area contributed by atoms with E-state index >= 15 is 0 Å². The predicted molar refractivity (Wildman–Crippen MR) is 97.0 cm³/mol. The number of anilines is 1. The first-order valence-corrected chi connectivity index (χ1v) is 9.80. The van der Waals surface area contributed by atoms with E-state index in [0.29, 0.717) is 19.0 Å². The van der Waals surface area contributed by atoms with E-state index in [0.717, 1.165) is 5.56 Å². The first-order chi connectivity index (χ1) is 12.4. The molecule has 1 aromatic heterocycles. The van der Waals surface area contributed by atoms with Crippen LogP contribution in [0.4, 0.5) is 5.95 Å². The van der Waals surface area contributed by atoms with Gasteiger partial charge in [-0.15, -0.1) is 0 Å². The lowest BCUT2D eigenvalue weighted by atomic mass is 10.1. The summed E-state index contributed by atoms with van der Waals surface area (Å²) in [6.45, 7) is 3.02. The zero-order valence-corrected chi connectivity index (χ0v) is 15.2. The Kier molecular flexibility index (Phi) is 5.48. The number of hydrogen-bond acceptors (Lipinski definition) is 6. The highest BCUT2D eigenvalue weighted by atomic mass is 32.2. The Hall–Kier alpha value is -2.52. The summed E-state index contributed by atoms with van der Waals surface area (Å²) in [4.78, 5) is 22.2. The van der Waals surface area contributed by atoms with Gasteiger partial charge in [0.1, 0.15) is 0 Å². The molecule has 8 nitrogen and oxygen atoms in total. The molecule has 138 valence electrons. The molecule has 0 atom stereocenters. The fourth-order valence-electron chi connectivity index (χ4n) is 2.65. The molecule has 0 spiro atoms. The molecule has 0 aliphatic carbocycles. The van der Waals surface area contributed by atoms with Gasteiger partial charge in [-0.2, -0.15) is 0 Å². The topological polar surface area (TPSA) is 104 Å². The van der Waals surface area contributed by atoms with Crippen LogP contribution in [0.15, 0.2) is 47.6 Å². The fourth-order valence-corrected chi connectivity index (χ4v) is 3.78. The molecule has 1 aliphatic rings. The highest BCUT2D eigenvalue weighted by molar-refractivity contribution is 7.89. The minimum atomic E-state index is -3.59. The highest BCUT2D eigenvalue weighted by Crippen LogP contribution is 2.14. The van der Waals surface area contributed by atoms with Gasteiger partial charge in [-0.1, -0.05) is 12.1 Å². The molecule has 0 unspecified atom stereocenters. The summed E-state index contributed by atoms with van der Waals surface area (Å²) >= 11 is 0. The summed E-state index contributed by atoms with van der Waals surface area (Å²) in [5, 5.41) is 3.14. The number of aromatic nitrogens is 2. The molecule has 2 aromatic rings. The zero-order valence-electron chi connectivity index (χ0n) is 14.4. The molecule has 1 aliphatic heterocycles. The van der Waals surface area contributed by atoms with Gasteiger partial charge in [0.2, 0.25) is 21.9 Å². The quantitative estimate of drug-likeness (QED) is 0.741. The summed E-state index contributed by atoms with van der Waals surface area (Å²) in [7, 11) is -3.59. The number of benzene rings is 1. The Morgan fingerprint density at radius 2 is 1.96 bits per heavy atom. The van der Waals surface area contributed by atoms with E-state index in [1.807, 2.05) is 13.0 Å². The van der Waals surface area contributed by atoms with Gasteiger partial charge < -0.3 is 10.2 Å². The van der Waals surface area contributed by atoms with Gasteiger partial charge in [0.25, 0.3) is 0 Å². The van der Waals surface area contributed by atoms with Crippen LogP contribution in [0.5, 0.6) is 0 Å². The van der Waals surface area contributed by atoms with Crippen LogP contribution in [0.2, 0.25) is 0 Å². The van der Waals surface area contributed by atoms with Crippen molar-refractivity contribution >= 4 is 21.9 Å². The van der Waals surface area contributed by atoms with E-state index in [4.69, 9.17) is 0 Å². The number of amides is 1. The number of nitrogens with zero attached hydrogens (tertiary/aromatic N) is 3. The van der Waals surface area contributed by atoms with Crippen LogP contribution in [-0.2, 0) is 14.8 Å². The number of carbonyl (C=O) groups excluding carboxylic acids is 1. The van der Waals surface area contributed by atoms with Crippen LogP contribution in [0.3, 0.4) is 0 Å². The lowest BCUT2D eigenvalue weighted by molar-refractivity contribution is -0.134. The third kappa shape index (κ3) is 4.55. The first-order valence-electron chi connectivity index (χ1n) is 8.32. The number of rotatable bonds is 7. The Labute approximate surface area is 152 Å². The molecule has 1 aromatic carbocycles. The molecule has 1 amide bonds. The molecule has 1 fully saturated rings. The Balaban J connectivity index is 1.41. The van der Waals surface area contributed by atoms with E-state index < -0.39 is 10.0 Å². The maximum Gasteiger partial charge on any atom is 0.240 e. The normalized spacial score (nSPS) is 14.7. The molecular formula is C17H21N5O3S. The number of sulfonamides is 1. The second-order valence-electron chi connectivity index (χ2n) is 6.18. The van der Waals surface area contributed by atoms with E-state index in [9.17, 15) is 13.2 Å². The summed E-state index contributed by atoms with van der Waals surface area (Å²) < 4.78 is 26.9. The van der Waals surface area contributed by atoms with Crippen molar-refractivity contribution in [2.75, 3.05) is 25.0 Å². The minimum Gasteiger partial charge on any atom is -0.348 e. The summed E-state index contributed by atoms with van der Waals surface area (Å²) in [6.07, 6.45) is 3.42. The maximum atomic E-state index is 12.2. The second kappa shape index (κ2) is 7.79. The molecule has 2 N–H and O–H groups in total. The van der Waals surface area contributed by atoms with Gasteiger partial charge in [0, 0.05) is 38.4 Å². The third-order valence-electron chi connectivity index (χ3n) is 4.06. The highest BCUT2D eigenvalue weighted by Gasteiger charge is 2.30. The summed E-state index contributed by atoms with van der Waals surface area (Å²) in [6, 6.07) is 8.51. The van der Waals surface area contributed by atoms with Crippen molar-refractivity contribution in [3.05, 3.63) is 48.3 Å². The predicted octanol–water partition coefficient (Wildman–Crippen LogP) is 0.776. The SMILES string of the molecule is Cc1cccc(S(=O)(=O)NCCC(=O)N2CC(Nc3ncccn3)C2)c1. The third-order valence-corrected chi connectivity index (χ3v) is 5.52. The van der Waals surface area contributed by atoms with Crippen molar-refractivity contribution in [1.82, 2.24) is 19.6 Å². The lowest BCUT2D eigenvalue weighted by Crippen LogP contribution is -2.57. The largest absolute Gasteiger partial charge is 0.348 e. The molecular weight excluding hydrogens is 354 g/mol. The molecule has 9 heteroatoms.